The van der Waals surface area contributed by atoms with Gasteiger partial charge in [-0.15, -0.1) is 0 Å². The van der Waals surface area contributed by atoms with Crippen LogP contribution in [0.15, 0.2) is 35.5 Å². The summed E-state index contributed by atoms with van der Waals surface area (Å²) < 4.78 is 12.7. The molecule has 0 aromatic rings. The summed E-state index contributed by atoms with van der Waals surface area (Å²) >= 11 is 0. The van der Waals surface area contributed by atoms with Crippen molar-refractivity contribution in [3.8, 4) is 0 Å². The molecule has 2 aliphatic carbocycles. The Morgan fingerprint density at radius 1 is 1.30 bits per heavy atom. The summed E-state index contributed by atoms with van der Waals surface area (Å²) in [6, 6.07) is 0. The van der Waals surface area contributed by atoms with E-state index in [0.717, 1.165) is 6.42 Å². The molecule has 2 rings (SSSR count). The molecule has 1 atom stereocenters. The second kappa shape index (κ2) is 2.08. The molecule has 2 aliphatic rings. The third-order valence-corrected chi connectivity index (χ3v) is 1.99. The van der Waals surface area contributed by atoms with Gasteiger partial charge in [-0.25, -0.2) is 4.39 Å². The Balaban J connectivity index is 2.28. The predicted molar refractivity (Wildman–Crippen MR) is 39.4 cm³/mol. The second-order valence-electron chi connectivity index (χ2n) is 2.74. The fraction of sp³-hybridized carbons (Fsp3) is 0.333. The normalized spacial score (nSPS) is 29.5. The summed E-state index contributed by atoms with van der Waals surface area (Å²) in [5.41, 5.74) is 2.49. The van der Waals surface area contributed by atoms with Crippen LogP contribution in [0.25, 0.3) is 0 Å². The van der Waals surface area contributed by atoms with E-state index in [-0.39, 0.29) is 0 Å². The highest BCUT2D eigenvalue weighted by atomic mass is 19.1. The SMILES string of the molecule is FC1C=CC2=C(C=CC2)C1. The number of alkyl halides is 1. The molecular formula is C9H9F. The first-order valence-corrected chi connectivity index (χ1v) is 3.57. The quantitative estimate of drug-likeness (QED) is 0.480. The lowest BCUT2D eigenvalue weighted by Crippen LogP contribution is -2.01. The van der Waals surface area contributed by atoms with Crippen LogP contribution in [0.3, 0.4) is 0 Å². The van der Waals surface area contributed by atoms with Crippen molar-refractivity contribution >= 4 is 0 Å². The molecule has 1 heteroatoms. The van der Waals surface area contributed by atoms with Gasteiger partial charge in [-0.3, -0.25) is 0 Å². The highest BCUT2D eigenvalue weighted by molar-refractivity contribution is 5.43. The van der Waals surface area contributed by atoms with E-state index >= 15 is 0 Å². The molecule has 0 heterocycles. The minimum absolute atomic E-state index is 0.586. The van der Waals surface area contributed by atoms with Gasteiger partial charge in [0, 0.05) is 6.42 Å². The van der Waals surface area contributed by atoms with E-state index in [9.17, 15) is 4.39 Å². The van der Waals surface area contributed by atoms with E-state index in [4.69, 9.17) is 0 Å². The number of halogens is 1. The van der Waals surface area contributed by atoms with Crippen LogP contribution in [0.4, 0.5) is 4.39 Å². The lowest BCUT2D eigenvalue weighted by Gasteiger charge is -2.10. The maximum atomic E-state index is 12.7. The first kappa shape index (κ1) is 5.90. The molecule has 0 N–H and O–H groups in total. The minimum Gasteiger partial charge on any atom is -0.243 e. The molecule has 0 fully saturated rings. The van der Waals surface area contributed by atoms with E-state index in [2.05, 4.69) is 6.08 Å². The van der Waals surface area contributed by atoms with Crippen LogP contribution >= 0.6 is 0 Å². The molecule has 0 spiro atoms. The molecule has 0 saturated carbocycles. The highest BCUT2D eigenvalue weighted by Gasteiger charge is 2.15. The van der Waals surface area contributed by atoms with Gasteiger partial charge >= 0.3 is 0 Å². The van der Waals surface area contributed by atoms with Gasteiger partial charge in [0.1, 0.15) is 6.17 Å². The Hall–Kier alpha value is -0.850. The third kappa shape index (κ3) is 0.821. The van der Waals surface area contributed by atoms with Gasteiger partial charge in [0.05, 0.1) is 0 Å². The maximum Gasteiger partial charge on any atom is 0.123 e. The zero-order valence-corrected chi connectivity index (χ0v) is 5.68. The van der Waals surface area contributed by atoms with Gasteiger partial charge < -0.3 is 0 Å². The van der Waals surface area contributed by atoms with Gasteiger partial charge in [-0.05, 0) is 17.6 Å². The first-order valence-electron chi connectivity index (χ1n) is 3.57. The number of hydrogen-bond acceptors (Lipinski definition) is 0. The van der Waals surface area contributed by atoms with E-state index in [1.807, 2.05) is 12.2 Å². The lowest BCUT2D eigenvalue weighted by molar-refractivity contribution is 0.396. The van der Waals surface area contributed by atoms with Crippen molar-refractivity contribution in [2.24, 2.45) is 0 Å². The highest BCUT2D eigenvalue weighted by Crippen LogP contribution is 2.28. The Labute approximate surface area is 59.7 Å². The predicted octanol–water partition coefficient (Wildman–Crippen LogP) is 2.54. The number of rotatable bonds is 0. The standard InChI is InChI=1S/C9H9F/c10-9-5-4-7-2-1-3-8(7)6-9/h1,3-5,9H,2,6H2. The van der Waals surface area contributed by atoms with Crippen molar-refractivity contribution in [2.75, 3.05) is 0 Å². The maximum absolute atomic E-state index is 12.7. The molecule has 0 bridgehead atoms. The summed E-state index contributed by atoms with van der Waals surface area (Å²) in [6.07, 6.45) is 8.51. The van der Waals surface area contributed by atoms with Crippen molar-refractivity contribution in [3.63, 3.8) is 0 Å². The Morgan fingerprint density at radius 3 is 3.10 bits per heavy atom. The molecule has 10 heavy (non-hydrogen) atoms. The van der Waals surface area contributed by atoms with Gasteiger partial charge in [0.15, 0.2) is 0 Å². The smallest absolute Gasteiger partial charge is 0.123 e. The van der Waals surface area contributed by atoms with Gasteiger partial charge in [-0.2, -0.15) is 0 Å². The summed E-state index contributed by atoms with van der Waals surface area (Å²) in [5.74, 6) is 0. The Morgan fingerprint density at radius 2 is 2.20 bits per heavy atom. The summed E-state index contributed by atoms with van der Waals surface area (Å²) in [6.45, 7) is 0. The van der Waals surface area contributed by atoms with Gasteiger partial charge in [-0.1, -0.05) is 24.3 Å². The topological polar surface area (TPSA) is 0 Å². The first-order chi connectivity index (χ1) is 4.86. The largest absolute Gasteiger partial charge is 0.243 e. The lowest BCUT2D eigenvalue weighted by atomic mass is 9.99. The van der Waals surface area contributed by atoms with Crippen LogP contribution in [-0.4, -0.2) is 6.17 Å². The summed E-state index contributed by atoms with van der Waals surface area (Å²) in [4.78, 5) is 0. The minimum atomic E-state index is -0.749. The number of allylic oxidation sites excluding steroid dienone is 6. The molecule has 52 valence electrons. The van der Waals surface area contributed by atoms with Crippen LogP contribution in [0.1, 0.15) is 12.8 Å². The van der Waals surface area contributed by atoms with Crippen LogP contribution in [-0.2, 0) is 0 Å². The molecular weight excluding hydrogens is 127 g/mol. The molecule has 0 saturated heterocycles. The van der Waals surface area contributed by atoms with E-state index in [0.29, 0.717) is 6.42 Å². The van der Waals surface area contributed by atoms with E-state index < -0.39 is 6.17 Å². The molecule has 0 aromatic carbocycles. The van der Waals surface area contributed by atoms with Crippen molar-refractivity contribution in [1.29, 1.82) is 0 Å². The average molecular weight is 136 g/mol. The Bertz CT molecular complexity index is 233. The molecule has 0 nitrogen and oxygen atoms in total. The zero-order valence-electron chi connectivity index (χ0n) is 5.68. The van der Waals surface area contributed by atoms with Gasteiger partial charge in [0.25, 0.3) is 0 Å². The van der Waals surface area contributed by atoms with Crippen LogP contribution in [0, 0.1) is 0 Å². The summed E-state index contributed by atoms with van der Waals surface area (Å²) in [5, 5.41) is 0. The second-order valence-corrected chi connectivity index (χ2v) is 2.74. The fourth-order valence-electron chi connectivity index (χ4n) is 1.44. The molecule has 0 radical (unpaired) electrons. The zero-order chi connectivity index (χ0) is 6.97. The van der Waals surface area contributed by atoms with Crippen molar-refractivity contribution in [3.05, 3.63) is 35.5 Å². The molecule has 0 aliphatic heterocycles. The van der Waals surface area contributed by atoms with Crippen LogP contribution < -0.4 is 0 Å². The van der Waals surface area contributed by atoms with Crippen LogP contribution in [0.5, 0.6) is 0 Å². The fourth-order valence-corrected chi connectivity index (χ4v) is 1.44. The van der Waals surface area contributed by atoms with E-state index in [1.54, 1.807) is 6.08 Å². The third-order valence-electron chi connectivity index (χ3n) is 1.99. The summed E-state index contributed by atoms with van der Waals surface area (Å²) in [7, 11) is 0. The van der Waals surface area contributed by atoms with E-state index in [1.165, 1.54) is 11.1 Å². The number of hydrogen-bond donors (Lipinski definition) is 0. The van der Waals surface area contributed by atoms with Crippen molar-refractivity contribution in [1.82, 2.24) is 0 Å². The van der Waals surface area contributed by atoms with Crippen molar-refractivity contribution in [2.45, 2.75) is 19.0 Å². The molecule has 0 amide bonds. The average Bonchev–Trinajstić information content (AvgIpc) is 2.33. The Kier molecular flexibility index (Phi) is 1.23. The van der Waals surface area contributed by atoms with Crippen molar-refractivity contribution < 1.29 is 4.39 Å². The molecule has 1 unspecified atom stereocenters. The van der Waals surface area contributed by atoms with Gasteiger partial charge in [0.2, 0.25) is 0 Å². The van der Waals surface area contributed by atoms with Crippen LogP contribution in [0.2, 0.25) is 0 Å². The molecule has 0 aromatic heterocycles. The monoisotopic (exact) mass is 136 g/mol.